The van der Waals surface area contributed by atoms with Gasteiger partial charge in [0.25, 0.3) is 0 Å². The molecule has 0 aromatic heterocycles. The van der Waals surface area contributed by atoms with Crippen molar-refractivity contribution in [2.75, 3.05) is 6.79 Å². The van der Waals surface area contributed by atoms with Crippen molar-refractivity contribution in [3.8, 4) is 11.5 Å². The Bertz CT molecular complexity index is 581. The summed E-state index contributed by atoms with van der Waals surface area (Å²) in [6.45, 7) is 0.281. The predicted octanol–water partition coefficient (Wildman–Crippen LogP) is 4.59. The van der Waals surface area contributed by atoms with Crippen LogP contribution in [0.1, 0.15) is 16.5 Å². The molecule has 0 spiro atoms. The molecule has 4 heteroatoms. The molecule has 0 saturated heterocycles. The fourth-order valence-corrected chi connectivity index (χ4v) is 2.49. The molecule has 0 radical (unpaired) electrons. The fraction of sp³-hybridized carbons (Fsp3) is 0.200. The molecule has 1 unspecified atom stereocenters. The monoisotopic (exact) mass is 294 g/mol. The van der Waals surface area contributed by atoms with Crippen LogP contribution in [0.4, 0.5) is 0 Å². The van der Waals surface area contributed by atoms with Crippen LogP contribution in [-0.2, 0) is 6.42 Å². The molecule has 2 nitrogen and oxygen atoms in total. The fourth-order valence-electron chi connectivity index (χ4n) is 2.05. The molecule has 19 heavy (non-hydrogen) atoms. The van der Waals surface area contributed by atoms with Gasteiger partial charge in [-0.05, 0) is 41.8 Å². The number of halogens is 2. The zero-order valence-electron chi connectivity index (χ0n) is 10.1. The molecule has 2 aromatic carbocycles. The van der Waals surface area contributed by atoms with Crippen LogP contribution in [0.25, 0.3) is 0 Å². The third-order valence-corrected chi connectivity index (χ3v) is 3.74. The normalized spacial score (nSPS) is 14.4. The van der Waals surface area contributed by atoms with E-state index in [1.165, 1.54) is 0 Å². The van der Waals surface area contributed by atoms with E-state index in [-0.39, 0.29) is 12.2 Å². The minimum atomic E-state index is -0.101. The molecule has 3 rings (SSSR count). The van der Waals surface area contributed by atoms with Crippen LogP contribution in [0.15, 0.2) is 42.5 Å². The number of hydrogen-bond acceptors (Lipinski definition) is 2. The highest BCUT2D eigenvalue weighted by atomic mass is 35.5. The van der Waals surface area contributed by atoms with Gasteiger partial charge in [0.05, 0.1) is 5.38 Å². The SMILES string of the molecule is Clc1ccc(CC(Cl)c2ccc3c(c2)OCO3)cc1. The van der Waals surface area contributed by atoms with E-state index in [0.717, 1.165) is 34.1 Å². The summed E-state index contributed by atoms with van der Waals surface area (Å²) in [4.78, 5) is 0. The summed E-state index contributed by atoms with van der Waals surface area (Å²) < 4.78 is 10.6. The van der Waals surface area contributed by atoms with Crippen LogP contribution in [0.3, 0.4) is 0 Å². The first-order chi connectivity index (χ1) is 9.22. The number of fused-ring (bicyclic) bond motifs is 1. The summed E-state index contributed by atoms with van der Waals surface area (Å²) in [5.41, 5.74) is 2.18. The van der Waals surface area contributed by atoms with Crippen LogP contribution < -0.4 is 9.47 Å². The molecule has 1 atom stereocenters. The average molecular weight is 295 g/mol. The molecule has 0 aliphatic carbocycles. The van der Waals surface area contributed by atoms with Crippen LogP contribution in [-0.4, -0.2) is 6.79 Å². The quantitative estimate of drug-likeness (QED) is 0.771. The van der Waals surface area contributed by atoms with Gasteiger partial charge in [0.2, 0.25) is 6.79 Å². The Morgan fingerprint density at radius 3 is 2.53 bits per heavy atom. The molecule has 1 aliphatic heterocycles. The van der Waals surface area contributed by atoms with Crippen molar-refractivity contribution in [2.45, 2.75) is 11.8 Å². The summed E-state index contributed by atoms with van der Waals surface area (Å²) in [6, 6.07) is 13.5. The van der Waals surface area contributed by atoms with Crippen LogP contribution >= 0.6 is 23.2 Å². The molecule has 0 N–H and O–H groups in total. The lowest BCUT2D eigenvalue weighted by Crippen LogP contribution is -1.96. The van der Waals surface area contributed by atoms with Gasteiger partial charge in [-0.3, -0.25) is 0 Å². The van der Waals surface area contributed by atoms with E-state index in [2.05, 4.69) is 0 Å². The largest absolute Gasteiger partial charge is 0.454 e. The van der Waals surface area contributed by atoms with Crippen LogP contribution in [0, 0.1) is 0 Å². The van der Waals surface area contributed by atoms with Crippen molar-refractivity contribution in [3.05, 3.63) is 58.6 Å². The number of ether oxygens (including phenoxy) is 2. The molecule has 0 fully saturated rings. The average Bonchev–Trinajstić information content (AvgIpc) is 2.88. The highest BCUT2D eigenvalue weighted by Crippen LogP contribution is 2.36. The van der Waals surface area contributed by atoms with E-state index in [4.69, 9.17) is 32.7 Å². The Morgan fingerprint density at radius 2 is 1.74 bits per heavy atom. The van der Waals surface area contributed by atoms with Gasteiger partial charge in [0.15, 0.2) is 11.5 Å². The molecule has 2 aromatic rings. The van der Waals surface area contributed by atoms with Crippen LogP contribution in [0.5, 0.6) is 11.5 Å². The van der Waals surface area contributed by atoms with Crippen molar-refractivity contribution in [1.29, 1.82) is 0 Å². The summed E-state index contributed by atoms with van der Waals surface area (Å²) in [7, 11) is 0. The predicted molar refractivity (Wildman–Crippen MR) is 76.3 cm³/mol. The van der Waals surface area contributed by atoms with E-state index in [9.17, 15) is 0 Å². The highest BCUT2D eigenvalue weighted by Gasteiger charge is 2.16. The lowest BCUT2D eigenvalue weighted by molar-refractivity contribution is 0.174. The highest BCUT2D eigenvalue weighted by molar-refractivity contribution is 6.30. The lowest BCUT2D eigenvalue weighted by Gasteiger charge is -2.10. The van der Waals surface area contributed by atoms with Crippen molar-refractivity contribution >= 4 is 23.2 Å². The Hall–Kier alpha value is -1.38. The first kappa shape index (κ1) is 12.6. The standard InChI is InChI=1S/C15H12Cl2O2/c16-12-4-1-10(2-5-12)7-13(17)11-3-6-14-15(8-11)19-9-18-14/h1-6,8,13H,7,9H2. The number of alkyl halides is 1. The van der Waals surface area contributed by atoms with E-state index in [1.807, 2.05) is 42.5 Å². The maximum absolute atomic E-state index is 6.45. The molecule has 0 saturated carbocycles. The Balaban J connectivity index is 1.76. The van der Waals surface area contributed by atoms with Gasteiger partial charge in [-0.25, -0.2) is 0 Å². The summed E-state index contributed by atoms with van der Waals surface area (Å²) >= 11 is 12.3. The topological polar surface area (TPSA) is 18.5 Å². The minimum Gasteiger partial charge on any atom is -0.454 e. The molecule has 0 amide bonds. The number of benzene rings is 2. The van der Waals surface area contributed by atoms with Gasteiger partial charge in [0.1, 0.15) is 0 Å². The van der Waals surface area contributed by atoms with Gasteiger partial charge in [-0.2, -0.15) is 0 Å². The van der Waals surface area contributed by atoms with Gasteiger partial charge >= 0.3 is 0 Å². The molecular weight excluding hydrogens is 283 g/mol. The third kappa shape index (κ3) is 2.80. The van der Waals surface area contributed by atoms with Crippen LogP contribution in [0.2, 0.25) is 5.02 Å². The van der Waals surface area contributed by atoms with E-state index < -0.39 is 0 Å². The summed E-state index contributed by atoms with van der Waals surface area (Å²) in [6.07, 6.45) is 0.748. The summed E-state index contributed by atoms with van der Waals surface area (Å²) in [5.74, 6) is 1.54. The van der Waals surface area contributed by atoms with Crippen molar-refractivity contribution < 1.29 is 9.47 Å². The first-order valence-corrected chi connectivity index (χ1v) is 6.82. The van der Waals surface area contributed by atoms with Gasteiger partial charge in [-0.1, -0.05) is 29.8 Å². The second-order valence-electron chi connectivity index (χ2n) is 4.41. The first-order valence-electron chi connectivity index (χ1n) is 6.00. The van der Waals surface area contributed by atoms with E-state index in [1.54, 1.807) is 0 Å². The Morgan fingerprint density at radius 1 is 1.00 bits per heavy atom. The zero-order chi connectivity index (χ0) is 13.2. The number of rotatable bonds is 3. The smallest absolute Gasteiger partial charge is 0.231 e. The van der Waals surface area contributed by atoms with Gasteiger partial charge < -0.3 is 9.47 Å². The maximum atomic E-state index is 6.45. The second kappa shape index (κ2) is 5.32. The van der Waals surface area contributed by atoms with Gasteiger partial charge in [-0.15, -0.1) is 11.6 Å². The molecule has 98 valence electrons. The van der Waals surface area contributed by atoms with Gasteiger partial charge in [0, 0.05) is 5.02 Å². The molecule has 0 bridgehead atoms. The Kier molecular flexibility index (Phi) is 3.54. The zero-order valence-corrected chi connectivity index (χ0v) is 11.6. The Labute approximate surface area is 121 Å². The molecular formula is C15H12Cl2O2. The maximum Gasteiger partial charge on any atom is 0.231 e. The van der Waals surface area contributed by atoms with E-state index in [0.29, 0.717) is 0 Å². The summed E-state index contributed by atoms with van der Waals surface area (Å²) in [5, 5.41) is 0.633. The molecule has 1 heterocycles. The second-order valence-corrected chi connectivity index (χ2v) is 5.37. The lowest BCUT2D eigenvalue weighted by atomic mass is 10.0. The third-order valence-electron chi connectivity index (χ3n) is 3.09. The van der Waals surface area contributed by atoms with Crippen molar-refractivity contribution in [1.82, 2.24) is 0 Å². The van der Waals surface area contributed by atoms with Crippen molar-refractivity contribution in [3.63, 3.8) is 0 Å². The number of hydrogen-bond donors (Lipinski definition) is 0. The van der Waals surface area contributed by atoms with E-state index >= 15 is 0 Å². The minimum absolute atomic E-state index is 0.101. The molecule has 1 aliphatic rings. The van der Waals surface area contributed by atoms with Crippen molar-refractivity contribution in [2.24, 2.45) is 0 Å².